The van der Waals surface area contributed by atoms with Crippen LogP contribution >= 0.6 is 15.9 Å². The number of hydrogen-bond acceptors (Lipinski definition) is 3. The highest BCUT2D eigenvalue weighted by atomic mass is 79.9. The lowest BCUT2D eigenvalue weighted by molar-refractivity contribution is -0.116. The van der Waals surface area contributed by atoms with E-state index in [1.165, 1.54) is 0 Å². The minimum atomic E-state index is -0.246. The van der Waals surface area contributed by atoms with Crippen molar-refractivity contribution < 1.29 is 14.3 Å². The van der Waals surface area contributed by atoms with E-state index in [0.717, 1.165) is 5.56 Å². The average Bonchev–Trinajstić information content (AvgIpc) is 2.74. The first kappa shape index (κ1) is 22.6. The molecular weight excluding hydrogens is 456 g/mol. The molecule has 6 heteroatoms. The lowest BCUT2D eigenvalue weighted by atomic mass is 10.1. The van der Waals surface area contributed by atoms with Crippen LogP contribution in [0.1, 0.15) is 36.2 Å². The van der Waals surface area contributed by atoms with Gasteiger partial charge in [-0.15, -0.1) is 0 Å². The third-order valence-electron chi connectivity index (χ3n) is 4.44. The van der Waals surface area contributed by atoms with Crippen LogP contribution in [0.25, 0.3) is 0 Å². The van der Waals surface area contributed by atoms with Crippen molar-refractivity contribution in [1.29, 1.82) is 0 Å². The Morgan fingerprint density at radius 1 is 0.903 bits per heavy atom. The van der Waals surface area contributed by atoms with Crippen molar-refractivity contribution in [2.24, 2.45) is 0 Å². The van der Waals surface area contributed by atoms with E-state index in [0.29, 0.717) is 40.0 Å². The highest BCUT2D eigenvalue weighted by Gasteiger charge is 2.11. The Bertz CT molecular complexity index is 1050. The van der Waals surface area contributed by atoms with Crippen LogP contribution in [-0.2, 0) is 11.2 Å². The minimum absolute atomic E-state index is 0.0432. The zero-order valence-electron chi connectivity index (χ0n) is 17.5. The van der Waals surface area contributed by atoms with Gasteiger partial charge in [0.2, 0.25) is 5.91 Å². The van der Waals surface area contributed by atoms with Gasteiger partial charge in [0.25, 0.3) is 5.91 Å². The fourth-order valence-electron chi connectivity index (χ4n) is 3.00. The molecule has 0 saturated heterocycles. The number of ether oxygens (including phenoxy) is 1. The van der Waals surface area contributed by atoms with Gasteiger partial charge in [-0.25, -0.2) is 0 Å². The SMILES string of the molecule is CC(C)Oc1ccc(C(=O)Nc2cccc(NC(=O)CCc3ccccc3)c2)cc1Br. The molecule has 0 unspecified atom stereocenters. The Morgan fingerprint density at radius 2 is 1.61 bits per heavy atom. The molecule has 0 aliphatic rings. The first-order valence-corrected chi connectivity index (χ1v) is 10.9. The minimum Gasteiger partial charge on any atom is -0.490 e. The first-order chi connectivity index (χ1) is 14.9. The fraction of sp³-hybridized carbons (Fsp3) is 0.200. The van der Waals surface area contributed by atoms with Crippen molar-refractivity contribution in [3.63, 3.8) is 0 Å². The first-order valence-electron chi connectivity index (χ1n) is 10.1. The Hall–Kier alpha value is -3.12. The quantitative estimate of drug-likeness (QED) is 0.411. The number of anilines is 2. The summed E-state index contributed by atoms with van der Waals surface area (Å²) in [5, 5.41) is 5.75. The number of carbonyl (C=O) groups is 2. The third-order valence-corrected chi connectivity index (χ3v) is 5.06. The van der Waals surface area contributed by atoms with Gasteiger partial charge in [-0.1, -0.05) is 36.4 Å². The molecule has 3 rings (SSSR count). The fourth-order valence-corrected chi connectivity index (χ4v) is 3.47. The number of aryl methyl sites for hydroxylation is 1. The van der Waals surface area contributed by atoms with Gasteiger partial charge in [-0.05, 0) is 78.2 Å². The van der Waals surface area contributed by atoms with E-state index in [2.05, 4.69) is 26.6 Å². The van der Waals surface area contributed by atoms with Crippen molar-refractivity contribution in [3.05, 3.63) is 88.4 Å². The monoisotopic (exact) mass is 480 g/mol. The Morgan fingerprint density at radius 3 is 2.29 bits per heavy atom. The van der Waals surface area contributed by atoms with E-state index in [9.17, 15) is 9.59 Å². The van der Waals surface area contributed by atoms with Gasteiger partial charge in [0.1, 0.15) is 5.75 Å². The molecule has 3 aromatic rings. The van der Waals surface area contributed by atoms with E-state index < -0.39 is 0 Å². The molecule has 2 N–H and O–H groups in total. The molecule has 0 aromatic heterocycles. The molecule has 0 heterocycles. The van der Waals surface area contributed by atoms with E-state index in [1.54, 1.807) is 42.5 Å². The number of hydrogen-bond donors (Lipinski definition) is 2. The molecular formula is C25H25BrN2O3. The number of rotatable bonds is 8. The smallest absolute Gasteiger partial charge is 0.255 e. The lowest BCUT2D eigenvalue weighted by Gasteiger charge is -2.13. The van der Waals surface area contributed by atoms with Crippen LogP contribution in [0.15, 0.2) is 77.3 Å². The van der Waals surface area contributed by atoms with Gasteiger partial charge in [-0.3, -0.25) is 9.59 Å². The van der Waals surface area contributed by atoms with Crippen molar-refractivity contribution in [2.75, 3.05) is 10.6 Å². The molecule has 0 bridgehead atoms. The predicted octanol–water partition coefficient (Wildman–Crippen LogP) is 6.06. The summed E-state index contributed by atoms with van der Waals surface area (Å²) in [6.07, 6.45) is 1.11. The summed E-state index contributed by atoms with van der Waals surface area (Å²) < 4.78 is 6.40. The Balaban J connectivity index is 1.59. The van der Waals surface area contributed by atoms with Crippen LogP contribution in [0, 0.1) is 0 Å². The van der Waals surface area contributed by atoms with E-state index in [4.69, 9.17) is 4.74 Å². The van der Waals surface area contributed by atoms with Crippen LogP contribution in [0.3, 0.4) is 0 Å². The maximum absolute atomic E-state index is 12.6. The molecule has 0 saturated carbocycles. The molecule has 0 aliphatic heterocycles. The highest BCUT2D eigenvalue weighted by Crippen LogP contribution is 2.27. The molecule has 0 radical (unpaired) electrons. The second-order valence-corrected chi connectivity index (χ2v) is 8.23. The third kappa shape index (κ3) is 6.96. The normalized spacial score (nSPS) is 10.6. The Kier molecular flexibility index (Phi) is 7.84. The van der Waals surface area contributed by atoms with Crippen molar-refractivity contribution >= 4 is 39.1 Å². The largest absolute Gasteiger partial charge is 0.490 e. The number of halogens is 1. The predicted molar refractivity (Wildman–Crippen MR) is 128 cm³/mol. The Labute approximate surface area is 191 Å². The molecule has 160 valence electrons. The number of carbonyl (C=O) groups excluding carboxylic acids is 2. The number of benzene rings is 3. The summed E-state index contributed by atoms with van der Waals surface area (Å²) in [4.78, 5) is 24.9. The summed E-state index contributed by atoms with van der Waals surface area (Å²) in [7, 11) is 0. The van der Waals surface area contributed by atoms with Crippen molar-refractivity contribution in [3.8, 4) is 5.75 Å². The van der Waals surface area contributed by atoms with Crippen molar-refractivity contribution in [1.82, 2.24) is 0 Å². The van der Waals surface area contributed by atoms with Crippen molar-refractivity contribution in [2.45, 2.75) is 32.8 Å². The second kappa shape index (κ2) is 10.8. The van der Waals surface area contributed by atoms with Gasteiger partial charge in [-0.2, -0.15) is 0 Å². The van der Waals surface area contributed by atoms with Gasteiger partial charge < -0.3 is 15.4 Å². The summed E-state index contributed by atoms with van der Waals surface area (Å²) in [5.74, 6) is 0.369. The van der Waals surface area contributed by atoms with Gasteiger partial charge in [0, 0.05) is 23.4 Å². The maximum atomic E-state index is 12.6. The molecule has 5 nitrogen and oxygen atoms in total. The molecule has 0 aliphatic carbocycles. The molecule has 0 fully saturated rings. The zero-order chi connectivity index (χ0) is 22.2. The van der Waals surface area contributed by atoms with Gasteiger partial charge in [0.15, 0.2) is 0 Å². The van der Waals surface area contributed by atoms with E-state index in [-0.39, 0.29) is 17.9 Å². The zero-order valence-corrected chi connectivity index (χ0v) is 19.1. The number of nitrogens with one attached hydrogen (secondary N) is 2. The molecule has 0 atom stereocenters. The molecule has 3 aromatic carbocycles. The van der Waals surface area contributed by atoms with E-state index >= 15 is 0 Å². The van der Waals surface area contributed by atoms with Crippen LogP contribution in [0.5, 0.6) is 5.75 Å². The van der Waals surface area contributed by atoms with Crippen LogP contribution in [0.2, 0.25) is 0 Å². The highest BCUT2D eigenvalue weighted by molar-refractivity contribution is 9.10. The molecule has 0 spiro atoms. The van der Waals surface area contributed by atoms with Gasteiger partial charge >= 0.3 is 0 Å². The maximum Gasteiger partial charge on any atom is 0.255 e. The molecule has 31 heavy (non-hydrogen) atoms. The lowest BCUT2D eigenvalue weighted by Crippen LogP contribution is -2.14. The average molecular weight is 481 g/mol. The summed E-state index contributed by atoms with van der Waals surface area (Å²) in [6.45, 7) is 3.89. The molecule has 2 amide bonds. The van der Waals surface area contributed by atoms with Crippen LogP contribution in [0.4, 0.5) is 11.4 Å². The summed E-state index contributed by atoms with van der Waals surface area (Å²) >= 11 is 3.45. The summed E-state index contributed by atoms with van der Waals surface area (Å²) in [5.41, 5.74) is 2.86. The van der Waals surface area contributed by atoms with Crippen LogP contribution < -0.4 is 15.4 Å². The summed E-state index contributed by atoms with van der Waals surface area (Å²) in [6, 6.07) is 22.2. The topological polar surface area (TPSA) is 67.4 Å². The van der Waals surface area contributed by atoms with Gasteiger partial charge in [0.05, 0.1) is 10.6 Å². The second-order valence-electron chi connectivity index (χ2n) is 7.38. The van der Waals surface area contributed by atoms with Crippen LogP contribution in [-0.4, -0.2) is 17.9 Å². The number of amides is 2. The standard InChI is InChI=1S/C25H25BrN2O3/c1-17(2)31-23-13-12-19(15-22(23)26)25(30)28-21-10-6-9-20(16-21)27-24(29)14-11-18-7-4-3-5-8-18/h3-10,12-13,15-17H,11,14H2,1-2H3,(H,27,29)(H,28,30). The van der Waals surface area contributed by atoms with E-state index in [1.807, 2.05) is 44.2 Å².